The standard InChI is InChI=1S/C24H35N3O5.HI/c1-7-25-24(26-12-10-17-8-9-20(29-3)23(14-17)32-6)27-13-11-19-21(30-4)15-18(28-2)16-22(19)31-5;/h8-9,14-16H,7,10-13H2,1-6H3,(H2,25,26,27);1H. The van der Waals surface area contributed by atoms with Crippen LogP contribution >= 0.6 is 24.0 Å². The fourth-order valence-corrected chi connectivity index (χ4v) is 3.31. The average molecular weight is 573 g/mol. The second-order valence-electron chi connectivity index (χ2n) is 6.89. The lowest BCUT2D eigenvalue weighted by Crippen LogP contribution is -2.38. The topological polar surface area (TPSA) is 82.6 Å². The number of rotatable bonds is 12. The molecule has 9 heteroatoms. The van der Waals surface area contributed by atoms with E-state index < -0.39 is 0 Å². The van der Waals surface area contributed by atoms with Crippen molar-refractivity contribution < 1.29 is 23.7 Å². The van der Waals surface area contributed by atoms with Crippen molar-refractivity contribution in [2.75, 3.05) is 55.2 Å². The Bertz CT molecular complexity index is 867. The molecule has 0 unspecified atom stereocenters. The van der Waals surface area contributed by atoms with Crippen molar-refractivity contribution in [3.63, 3.8) is 0 Å². The normalized spacial score (nSPS) is 10.7. The van der Waals surface area contributed by atoms with Gasteiger partial charge in [-0.25, -0.2) is 0 Å². The van der Waals surface area contributed by atoms with Crippen molar-refractivity contribution in [2.45, 2.75) is 19.8 Å². The number of hydrogen-bond donors (Lipinski definition) is 2. The number of benzene rings is 2. The van der Waals surface area contributed by atoms with Gasteiger partial charge in [-0.3, -0.25) is 4.99 Å². The van der Waals surface area contributed by atoms with Crippen LogP contribution in [0.25, 0.3) is 0 Å². The van der Waals surface area contributed by atoms with E-state index in [0.29, 0.717) is 18.7 Å². The van der Waals surface area contributed by atoms with Gasteiger partial charge in [0.2, 0.25) is 0 Å². The molecule has 2 aromatic rings. The molecule has 2 rings (SSSR count). The lowest BCUT2D eigenvalue weighted by atomic mass is 10.1. The summed E-state index contributed by atoms with van der Waals surface area (Å²) in [5.41, 5.74) is 2.11. The first-order valence-electron chi connectivity index (χ1n) is 10.6. The summed E-state index contributed by atoms with van der Waals surface area (Å²) in [6.07, 6.45) is 1.49. The van der Waals surface area contributed by atoms with Gasteiger partial charge >= 0.3 is 0 Å². The van der Waals surface area contributed by atoms with E-state index in [1.807, 2.05) is 37.3 Å². The molecule has 0 saturated heterocycles. The van der Waals surface area contributed by atoms with E-state index in [1.165, 1.54) is 0 Å². The maximum absolute atomic E-state index is 5.53. The Morgan fingerprint density at radius 1 is 0.758 bits per heavy atom. The van der Waals surface area contributed by atoms with Crippen molar-refractivity contribution in [3.05, 3.63) is 41.5 Å². The SMILES string of the molecule is CCNC(=NCCc1c(OC)cc(OC)cc1OC)NCCc1ccc(OC)c(OC)c1.I. The summed E-state index contributed by atoms with van der Waals surface area (Å²) in [6, 6.07) is 9.66. The van der Waals surface area contributed by atoms with Gasteiger partial charge in [-0.15, -0.1) is 24.0 Å². The average Bonchev–Trinajstić information content (AvgIpc) is 2.83. The predicted molar refractivity (Wildman–Crippen MR) is 142 cm³/mol. The number of ether oxygens (including phenoxy) is 5. The lowest BCUT2D eigenvalue weighted by Gasteiger charge is -2.15. The van der Waals surface area contributed by atoms with Crippen LogP contribution in [-0.4, -0.2) is 61.1 Å². The van der Waals surface area contributed by atoms with E-state index in [9.17, 15) is 0 Å². The highest BCUT2D eigenvalue weighted by Gasteiger charge is 2.13. The maximum atomic E-state index is 5.53. The highest BCUT2D eigenvalue weighted by molar-refractivity contribution is 14.0. The fraction of sp³-hybridized carbons (Fsp3) is 0.458. The third-order valence-electron chi connectivity index (χ3n) is 4.95. The first kappa shape index (κ1) is 28.5. The third kappa shape index (κ3) is 8.38. The molecule has 184 valence electrons. The molecule has 0 aliphatic carbocycles. The fourth-order valence-electron chi connectivity index (χ4n) is 3.31. The van der Waals surface area contributed by atoms with E-state index in [0.717, 1.165) is 59.6 Å². The van der Waals surface area contributed by atoms with Gasteiger partial charge in [0.05, 0.1) is 35.5 Å². The van der Waals surface area contributed by atoms with E-state index in [2.05, 4.69) is 10.6 Å². The van der Waals surface area contributed by atoms with Crippen LogP contribution < -0.4 is 34.3 Å². The van der Waals surface area contributed by atoms with Gasteiger partial charge in [0.15, 0.2) is 17.5 Å². The Morgan fingerprint density at radius 2 is 1.39 bits per heavy atom. The maximum Gasteiger partial charge on any atom is 0.191 e. The molecular formula is C24H36IN3O5. The molecule has 0 spiro atoms. The predicted octanol–water partition coefficient (Wildman–Crippen LogP) is 3.69. The summed E-state index contributed by atoms with van der Waals surface area (Å²) >= 11 is 0. The van der Waals surface area contributed by atoms with Gasteiger partial charge < -0.3 is 34.3 Å². The second kappa shape index (κ2) is 15.3. The highest BCUT2D eigenvalue weighted by Crippen LogP contribution is 2.34. The van der Waals surface area contributed by atoms with Gasteiger partial charge in [0.1, 0.15) is 17.2 Å². The number of guanidine groups is 1. The van der Waals surface area contributed by atoms with Gasteiger partial charge in [-0.1, -0.05) is 6.07 Å². The number of hydrogen-bond acceptors (Lipinski definition) is 6. The van der Waals surface area contributed by atoms with Gasteiger partial charge in [0.25, 0.3) is 0 Å². The minimum Gasteiger partial charge on any atom is -0.496 e. The van der Waals surface area contributed by atoms with E-state index in [-0.39, 0.29) is 24.0 Å². The Hall–Kier alpha value is -2.56. The molecule has 0 saturated carbocycles. The van der Waals surface area contributed by atoms with Crippen LogP contribution in [-0.2, 0) is 12.8 Å². The molecule has 0 aliphatic rings. The van der Waals surface area contributed by atoms with Crippen LogP contribution in [0.4, 0.5) is 0 Å². The summed E-state index contributed by atoms with van der Waals surface area (Å²) in [5.74, 6) is 4.36. The second-order valence-corrected chi connectivity index (χ2v) is 6.89. The molecule has 0 radical (unpaired) electrons. The molecule has 0 fully saturated rings. The molecule has 0 aliphatic heterocycles. The smallest absolute Gasteiger partial charge is 0.191 e. The van der Waals surface area contributed by atoms with Crippen molar-refractivity contribution in [3.8, 4) is 28.7 Å². The van der Waals surface area contributed by atoms with Gasteiger partial charge in [-0.2, -0.15) is 0 Å². The molecule has 33 heavy (non-hydrogen) atoms. The first-order chi connectivity index (χ1) is 15.6. The van der Waals surface area contributed by atoms with E-state index in [4.69, 9.17) is 28.7 Å². The van der Waals surface area contributed by atoms with Crippen LogP contribution in [0.5, 0.6) is 28.7 Å². The van der Waals surface area contributed by atoms with Crippen molar-refractivity contribution >= 4 is 29.9 Å². The number of halogens is 1. The van der Waals surface area contributed by atoms with Crippen molar-refractivity contribution in [2.24, 2.45) is 4.99 Å². The summed E-state index contributed by atoms with van der Waals surface area (Å²) < 4.78 is 27.0. The minimum atomic E-state index is 0. The summed E-state index contributed by atoms with van der Waals surface area (Å²) in [6.45, 7) is 4.12. The van der Waals surface area contributed by atoms with E-state index in [1.54, 1.807) is 35.5 Å². The Morgan fingerprint density at radius 3 is 1.94 bits per heavy atom. The Labute approximate surface area is 214 Å². The number of aliphatic imine (C=N–C) groups is 1. The zero-order valence-corrected chi connectivity index (χ0v) is 22.6. The zero-order chi connectivity index (χ0) is 23.3. The molecular weight excluding hydrogens is 537 g/mol. The summed E-state index contributed by atoms with van der Waals surface area (Å²) in [5, 5.41) is 6.66. The Balaban J connectivity index is 0.00000544. The monoisotopic (exact) mass is 573 g/mol. The number of nitrogens with zero attached hydrogens (tertiary/aromatic N) is 1. The largest absolute Gasteiger partial charge is 0.496 e. The zero-order valence-electron chi connectivity index (χ0n) is 20.3. The molecule has 8 nitrogen and oxygen atoms in total. The molecule has 0 heterocycles. The number of methoxy groups -OCH3 is 5. The van der Waals surface area contributed by atoms with Gasteiger partial charge in [-0.05, 0) is 37.5 Å². The molecule has 2 N–H and O–H groups in total. The summed E-state index contributed by atoms with van der Waals surface area (Å²) in [7, 11) is 8.17. The van der Waals surface area contributed by atoms with Crippen LogP contribution in [0.15, 0.2) is 35.3 Å². The molecule has 2 aromatic carbocycles. The first-order valence-corrected chi connectivity index (χ1v) is 10.6. The lowest BCUT2D eigenvalue weighted by molar-refractivity contribution is 0.354. The van der Waals surface area contributed by atoms with Crippen LogP contribution in [0, 0.1) is 0 Å². The van der Waals surface area contributed by atoms with Crippen LogP contribution in [0.2, 0.25) is 0 Å². The molecule has 0 bridgehead atoms. The third-order valence-corrected chi connectivity index (χ3v) is 4.95. The van der Waals surface area contributed by atoms with Crippen LogP contribution in [0.1, 0.15) is 18.1 Å². The summed E-state index contributed by atoms with van der Waals surface area (Å²) in [4.78, 5) is 4.70. The van der Waals surface area contributed by atoms with Gasteiger partial charge in [0, 0.05) is 37.3 Å². The molecule has 0 aromatic heterocycles. The highest BCUT2D eigenvalue weighted by atomic mass is 127. The van der Waals surface area contributed by atoms with E-state index >= 15 is 0 Å². The Kier molecular flexibility index (Phi) is 13.2. The van der Waals surface area contributed by atoms with Crippen LogP contribution in [0.3, 0.4) is 0 Å². The molecule has 0 amide bonds. The van der Waals surface area contributed by atoms with Crippen molar-refractivity contribution in [1.29, 1.82) is 0 Å². The van der Waals surface area contributed by atoms with Crippen molar-refractivity contribution in [1.82, 2.24) is 10.6 Å². The quantitative estimate of drug-likeness (QED) is 0.228. The minimum absolute atomic E-state index is 0. The number of nitrogens with one attached hydrogen (secondary N) is 2. The molecule has 0 atom stereocenters.